The fourth-order valence-corrected chi connectivity index (χ4v) is 6.71. The Morgan fingerprint density at radius 3 is 2.26 bits per heavy atom. The van der Waals surface area contributed by atoms with E-state index in [1.807, 2.05) is 12.1 Å². The van der Waals surface area contributed by atoms with E-state index < -0.39 is 32.6 Å². The van der Waals surface area contributed by atoms with Gasteiger partial charge in [0.2, 0.25) is 0 Å². The third-order valence-corrected chi connectivity index (χ3v) is 7.94. The summed E-state index contributed by atoms with van der Waals surface area (Å²) in [6.07, 6.45) is 0. The molecule has 3 aromatic rings. The van der Waals surface area contributed by atoms with Crippen LogP contribution in [-0.4, -0.2) is 33.0 Å². The van der Waals surface area contributed by atoms with E-state index in [1.165, 1.54) is 12.1 Å². The fraction of sp³-hybridized carbons (Fsp3) is 0.261. The fourth-order valence-electron chi connectivity index (χ4n) is 4.94. The zero-order valence-corrected chi connectivity index (χ0v) is 17.3. The van der Waals surface area contributed by atoms with E-state index in [0.717, 1.165) is 22.5 Å². The number of carbonyl (C=O) groups is 1. The Balaban J connectivity index is 1.75. The number of aliphatic hydroxyl groups is 2. The van der Waals surface area contributed by atoms with Crippen LogP contribution >= 0.6 is 11.8 Å². The van der Waals surface area contributed by atoms with Crippen LogP contribution in [0.2, 0.25) is 0 Å². The van der Waals surface area contributed by atoms with Crippen molar-refractivity contribution >= 4 is 34.2 Å². The number of carbonyl (C=O) groups excluding carboxylic acids is 1. The molecule has 1 saturated heterocycles. The van der Waals surface area contributed by atoms with Gasteiger partial charge in [0.15, 0.2) is 0 Å². The molecule has 2 N–H and O–H groups in total. The maximum absolute atomic E-state index is 12.9. The number of non-ortho nitro benzene ring substituents is 1. The molecule has 0 aromatic heterocycles. The molecule has 8 heteroatoms. The first kappa shape index (κ1) is 20.0. The van der Waals surface area contributed by atoms with Crippen molar-refractivity contribution in [3.05, 3.63) is 87.5 Å². The Bertz CT molecular complexity index is 1220. The van der Waals surface area contributed by atoms with Crippen LogP contribution in [0.25, 0.3) is 10.8 Å². The molecule has 158 valence electrons. The number of nitro benzene ring substituents is 1. The molecule has 7 nitrogen and oxygen atoms in total. The zero-order valence-electron chi connectivity index (χ0n) is 16.5. The van der Waals surface area contributed by atoms with Crippen molar-refractivity contribution in [1.82, 2.24) is 0 Å². The summed E-state index contributed by atoms with van der Waals surface area (Å²) in [5.41, 5.74) is -2.22. The molecule has 3 aromatic carbocycles. The second kappa shape index (κ2) is 6.78. The van der Waals surface area contributed by atoms with Gasteiger partial charge in [-0.3, -0.25) is 14.9 Å². The first-order valence-electron chi connectivity index (χ1n) is 9.88. The molecular weight excluding hydrogens is 418 g/mol. The van der Waals surface area contributed by atoms with Crippen molar-refractivity contribution in [2.45, 2.75) is 28.6 Å². The highest BCUT2D eigenvalue weighted by atomic mass is 32.2. The minimum atomic E-state index is -1.92. The van der Waals surface area contributed by atoms with Crippen molar-refractivity contribution < 1.29 is 24.7 Å². The molecule has 4 atom stereocenters. The smallest absolute Gasteiger partial charge is 0.322 e. The molecule has 0 saturated carbocycles. The first-order valence-corrected chi connectivity index (χ1v) is 10.8. The Kier molecular flexibility index (Phi) is 4.37. The number of esters is 1. The normalized spacial score (nSPS) is 28.5. The number of thioether (sulfide) groups is 1. The molecule has 0 radical (unpaired) electrons. The van der Waals surface area contributed by atoms with Crippen LogP contribution in [-0.2, 0) is 20.7 Å². The minimum Gasteiger partial charge on any atom is -0.465 e. The summed E-state index contributed by atoms with van der Waals surface area (Å²) in [5, 5.41) is 35.1. The minimum absolute atomic E-state index is 0.0762. The lowest BCUT2D eigenvalue weighted by Crippen LogP contribution is -2.51. The van der Waals surface area contributed by atoms with Gasteiger partial charge in [-0.15, -0.1) is 11.8 Å². The average Bonchev–Trinajstić information content (AvgIpc) is 3.12. The molecule has 1 fully saturated rings. The number of nitrogens with zero attached hydrogens (tertiary/aromatic N) is 1. The predicted molar refractivity (Wildman–Crippen MR) is 116 cm³/mol. The number of hydrogen-bond donors (Lipinski definition) is 2. The van der Waals surface area contributed by atoms with Crippen LogP contribution < -0.4 is 0 Å². The summed E-state index contributed by atoms with van der Waals surface area (Å²) < 4.78 is 5.25. The van der Waals surface area contributed by atoms with Gasteiger partial charge in [0.05, 0.1) is 16.8 Å². The molecule has 1 heterocycles. The second-order valence-electron chi connectivity index (χ2n) is 7.74. The van der Waals surface area contributed by atoms with Gasteiger partial charge in [0.25, 0.3) is 5.69 Å². The molecule has 0 spiro atoms. The van der Waals surface area contributed by atoms with Crippen LogP contribution in [0.1, 0.15) is 28.9 Å². The van der Waals surface area contributed by atoms with Crippen LogP contribution in [0, 0.1) is 10.1 Å². The van der Waals surface area contributed by atoms with Crippen molar-refractivity contribution in [2.75, 3.05) is 6.61 Å². The second-order valence-corrected chi connectivity index (χ2v) is 8.95. The largest absolute Gasteiger partial charge is 0.465 e. The van der Waals surface area contributed by atoms with Crippen molar-refractivity contribution in [3.8, 4) is 0 Å². The lowest BCUT2D eigenvalue weighted by Gasteiger charge is -2.38. The van der Waals surface area contributed by atoms with E-state index in [9.17, 15) is 25.1 Å². The average molecular weight is 437 g/mol. The monoisotopic (exact) mass is 437 g/mol. The van der Waals surface area contributed by atoms with Crippen LogP contribution in [0.15, 0.2) is 60.7 Å². The lowest BCUT2D eigenvalue weighted by molar-refractivity contribution is -0.384. The highest BCUT2D eigenvalue weighted by Crippen LogP contribution is 2.70. The third-order valence-electron chi connectivity index (χ3n) is 6.25. The molecule has 1 aliphatic carbocycles. The number of ether oxygens (including phenoxy) is 1. The number of rotatable bonds is 4. The highest BCUT2D eigenvalue weighted by molar-refractivity contribution is 8.01. The van der Waals surface area contributed by atoms with Gasteiger partial charge in [-0.05, 0) is 34.4 Å². The number of benzene rings is 3. The molecule has 1 aliphatic heterocycles. The molecule has 31 heavy (non-hydrogen) atoms. The SMILES string of the molecule is CCOC(=O)C1SC(c2ccc([N+](=O)[O-])cc2)C2(O)c3cccc4cccc(c34)C12O. The van der Waals surface area contributed by atoms with E-state index in [0.29, 0.717) is 16.7 Å². The van der Waals surface area contributed by atoms with Gasteiger partial charge in [0, 0.05) is 12.1 Å². The Morgan fingerprint density at radius 2 is 1.68 bits per heavy atom. The van der Waals surface area contributed by atoms with Gasteiger partial charge in [-0.1, -0.05) is 48.5 Å². The summed E-state index contributed by atoms with van der Waals surface area (Å²) in [7, 11) is 0. The van der Waals surface area contributed by atoms with Crippen LogP contribution in [0.4, 0.5) is 5.69 Å². The Labute approximate surface area is 181 Å². The van der Waals surface area contributed by atoms with E-state index in [-0.39, 0.29) is 12.3 Å². The number of hydrogen-bond acceptors (Lipinski definition) is 7. The molecule has 4 unspecified atom stereocenters. The highest BCUT2D eigenvalue weighted by Gasteiger charge is 2.72. The maximum atomic E-state index is 12.9. The van der Waals surface area contributed by atoms with Gasteiger partial charge in [-0.2, -0.15) is 0 Å². The molecule has 0 bridgehead atoms. The Hall–Kier alpha value is -2.94. The summed E-state index contributed by atoms with van der Waals surface area (Å²) in [4.78, 5) is 23.5. The first-order chi connectivity index (χ1) is 14.8. The van der Waals surface area contributed by atoms with E-state index in [1.54, 1.807) is 43.3 Å². The zero-order chi connectivity index (χ0) is 22.0. The van der Waals surface area contributed by atoms with Gasteiger partial charge >= 0.3 is 5.97 Å². The van der Waals surface area contributed by atoms with E-state index in [4.69, 9.17) is 4.74 Å². The molecule has 2 aliphatic rings. The van der Waals surface area contributed by atoms with Crippen molar-refractivity contribution in [2.24, 2.45) is 0 Å². The Morgan fingerprint density at radius 1 is 1.06 bits per heavy atom. The van der Waals surface area contributed by atoms with E-state index >= 15 is 0 Å². The van der Waals surface area contributed by atoms with Crippen molar-refractivity contribution in [3.63, 3.8) is 0 Å². The summed E-state index contributed by atoms with van der Waals surface area (Å²) >= 11 is 1.12. The topological polar surface area (TPSA) is 110 Å². The van der Waals surface area contributed by atoms with E-state index in [2.05, 4.69) is 0 Å². The third kappa shape index (κ3) is 2.46. The summed E-state index contributed by atoms with van der Waals surface area (Å²) in [6, 6.07) is 16.7. The molecule has 5 rings (SSSR count). The van der Waals surface area contributed by atoms with Crippen LogP contribution in [0.3, 0.4) is 0 Å². The maximum Gasteiger partial charge on any atom is 0.322 e. The summed E-state index contributed by atoms with van der Waals surface area (Å²) in [6.45, 7) is 1.83. The quantitative estimate of drug-likeness (QED) is 0.365. The van der Waals surface area contributed by atoms with Gasteiger partial charge in [0.1, 0.15) is 16.5 Å². The van der Waals surface area contributed by atoms with Gasteiger partial charge in [-0.25, -0.2) is 0 Å². The number of fused-ring (bicyclic) bond motifs is 3. The molecule has 0 amide bonds. The van der Waals surface area contributed by atoms with Gasteiger partial charge < -0.3 is 14.9 Å². The van der Waals surface area contributed by atoms with Crippen LogP contribution in [0.5, 0.6) is 0 Å². The summed E-state index contributed by atoms with van der Waals surface area (Å²) in [5.74, 6) is -0.609. The molecular formula is C23H19NO6S. The standard InChI is InChI=1S/C23H19NO6S/c1-2-30-21(25)20-23(27)17-8-4-6-13-5-3-7-16(18(13)17)22(23,26)19(31-20)14-9-11-15(12-10-14)24(28)29/h3-12,19-20,26-27H,2H2,1H3. The van der Waals surface area contributed by atoms with Crippen molar-refractivity contribution in [1.29, 1.82) is 0 Å². The number of nitro groups is 1. The predicted octanol–water partition coefficient (Wildman–Crippen LogP) is 3.56. The lowest BCUT2D eigenvalue weighted by atomic mass is 9.74.